The first-order valence-corrected chi connectivity index (χ1v) is 7.11. The first-order chi connectivity index (χ1) is 9.56. The number of hydrogen-bond acceptors (Lipinski definition) is 4. The number of esters is 1. The number of fused-ring (bicyclic) bond motifs is 1. The number of nitrogens with two attached hydrogens (primary N) is 1. The van der Waals surface area contributed by atoms with Crippen molar-refractivity contribution >= 4 is 5.97 Å². The van der Waals surface area contributed by atoms with Gasteiger partial charge in [0.1, 0.15) is 5.75 Å². The molecule has 20 heavy (non-hydrogen) atoms. The van der Waals surface area contributed by atoms with Crippen molar-refractivity contribution in [2.45, 2.75) is 38.1 Å². The van der Waals surface area contributed by atoms with Gasteiger partial charge in [0.05, 0.1) is 20.1 Å². The van der Waals surface area contributed by atoms with Crippen LogP contribution in [0.4, 0.5) is 0 Å². The van der Waals surface area contributed by atoms with Crippen LogP contribution >= 0.6 is 0 Å². The molecule has 0 spiro atoms. The summed E-state index contributed by atoms with van der Waals surface area (Å²) in [4.78, 5) is 11.9. The summed E-state index contributed by atoms with van der Waals surface area (Å²) in [6.45, 7) is 4.71. The second kappa shape index (κ2) is 5.83. The first-order valence-electron chi connectivity index (χ1n) is 7.11. The van der Waals surface area contributed by atoms with E-state index in [1.807, 2.05) is 24.3 Å². The van der Waals surface area contributed by atoms with Gasteiger partial charge >= 0.3 is 5.97 Å². The summed E-state index contributed by atoms with van der Waals surface area (Å²) in [5.74, 6) is 0.766. The van der Waals surface area contributed by atoms with Crippen molar-refractivity contribution in [3.8, 4) is 5.75 Å². The van der Waals surface area contributed by atoms with Crippen molar-refractivity contribution in [1.29, 1.82) is 0 Å². The molecule has 0 radical (unpaired) electrons. The van der Waals surface area contributed by atoms with E-state index in [1.165, 1.54) is 7.11 Å². The highest BCUT2D eigenvalue weighted by molar-refractivity contribution is 5.72. The highest BCUT2D eigenvalue weighted by Crippen LogP contribution is 2.47. The van der Waals surface area contributed by atoms with Crippen LogP contribution in [0.5, 0.6) is 5.75 Å². The standard InChI is InChI=1S/C16H23NO3/c1-4-14(17)16(9-15(18)19-3)11(2)10-20-13-8-6-5-7-12(13)16/h5-8,11,14H,4,9-10,17H2,1-3H3. The Labute approximate surface area is 120 Å². The Morgan fingerprint density at radius 1 is 1.55 bits per heavy atom. The van der Waals surface area contributed by atoms with E-state index in [2.05, 4.69) is 13.8 Å². The molecule has 0 amide bonds. The third-order valence-corrected chi connectivity index (χ3v) is 4.52. The summed E-state index contributed by atoms with van der Waals surface area (Å²) < 4.78 is 10.7. The quantitative estimate of drug-likeness (QED) is 0.857. The number of ether oxygens (including phenoxy) is 2. The summed E-state index contributed by atoms with van der Waals surface area (Å²) in [6.07, 6.45) is 1.09. The molecule has 0 aliphatic carbocycles. The Kier molecular flexibility index (Phi) is 4.33. The van der Waals surface area contributed by atoms with Gasteiger partial charge in [-0.15, -0.1) is 0 Å². The van der Waals surface area contributed by atoms with E-state index in [4.69, 9.17) is 15.2 Å². The molecular weight excluding hydrogens is 254 g/mol. The molecule has 2 rings (SSSR count). The lowest BCUT2D eigenvalue weighted by Gasteiger charge is -2.46. The molecule has 0 saturated carbocycles. The lowest BCUT2D eigenvalue weighted by atomic mass is 9.62. The number of para-hydroxylation sites is 1. The Balaban J connectivity index is 2.56. The zero-order valence-corrected chi connectivity index (χ0v) is 12.4. The molecule has 3 unspecified atom stereocenters. The highest BCUT2D eigenvalue weighted by Gasteiger charge is 2.48. The minimum atomic E-state index is -0.420. The van der Waals surface area contributed by atoms with Crippen molar-refractivity contribution in [1.82, 2.24) is 0 Å². The van der Waals surface area contributed by atoms with Crippen LogP contribution in [0.25, 0.3) is 0 Å². The van der Waals surface area contributed by atoms with Gasteiger partial charge in [-0.05, 0) is 12.5 Å². The van der Waals surface area contributed by atoms with E-state index in [9.17, 15) is 4.79 Å². The lowest BCUT2D eigenvalue weighted by molar-refractivity contribution is -0.143. The number of hydrogen-bond donors (Lipinski definition) is 1. The van der Waals surface area contributed by atoms with E-state index in [0.717, 1.165) is 17.7 Å². The van der Waals surface area contributed by atoms with E-state index >= 15 is 0 Å². The second-order valence-corrected chi connectivity index (χ2v) is 5.52. The van der Waals surface area contributed by atoms with E-state index in [0.29, 0.717) is 13.0 Å². The van der Waals surface area contributed by atoms with Gasteiger partial charge in [-0.2, -0.15) is 0 Å². The fraction of sp³-hybridized carbons (Fsp3) is 0.562. The van der Waals surface area contributed by atoms with Crippen molar-refractivity contribution in [2.75, 3.05) is 13.7 Å². The molecule has 1 aromatic carbocycles. The number of benzene rings is 1. The highest BCUT2D eigenvalue weighted by atomic mass is 16.5. The molecule has 0 fully saturated rings. The topological polar surface area (TPSA) is 61.6 Å². The predicted octanol–water partition coefficient (Wildman–Crippen LogP) is 2.25. The summed E-state index contributed by atoms with van der Waals surface area (Å²) in [5, 5.41) is 0. The molecule has 1 aromatic rings. The molecule has 4 heteroatoms. The average molecular weight is 277 g/mol. The van der Waals surface area contributed by atoms with Gasteiger partial charge in [0.15, 0.2) is 0 Å². The van der Waals surface area contributed by atoms with Crippen LogP contribution in [0.15, 0.2) is 24.3 Å². The maximum atomic E-state index is 11.9. The van der Waals surface area contributed by atoms with Crippen LogP contribution in [0.2, 0.25) is 0 Å². The van der Waals surface area contributed by atoms with Gasteiger partial charge in [-0.1, -0.05) is 32.0 Å². The first kappa shape index (κ1) is 14.9. The number of carbonyl (C=O) groups is 1. The minimum absolute atomic E-state index is 0.110. The third kappa shape index (κ3) is 2.29. The molecule has 3 atom stereocenters. The SMILES string of the molecule is CCC(N)C1(CC(=O)OC)c2ccccc2OCC1C. The van der Waals surface area contributed by atoms with Crippen LogP contribution < -0.4 is 10.5 Å². The third-order valence-electron chi connectivity index (χ3n) is 4.52. The largest absolute Gasteiger partial charge is 0.493 e. The Morgan fingerprint density at radius 3 is 2.90 bits per heavy atom. The van der Waals surface area contributed by atoms with Crippen LogP contribution in [-0.2, 0) is 14.9 Å². The van der Waals surface area contributed by atoms with Crippen LogP contribution in [0.3, 0.4) is 0 Å². The summed E-state index contributed by atoms with van der Waals surface area (Å²) in [6, 6.07) is 7.75. The van der Waals surface area contributed by atoms with E-state index in [1.54, 1.807) is 0 Å². The molecule has 1 aliphatic heterocycles. The maximum Gasteiger partial charge on any atom is 0.306 e. The summed E-state index contributed by atoms with van der Waals surface area (Å²) in [7, 11) is 1.42. The molecular formula is C16H23NO3. The van der Waals surface area contributed by atoms with Crippen molar-refractivity contribution in [3.05, 3.63) is 29.8 Å². The van der Waals surface area contributed by atoms with Crippen molar-refractivity contribution in [3.63, 3.8) is 0 Å². The maximum absolute atomic E-state index is 11.9. The van der Waals surface area contributed by atoms with Crippen LogP contribution in [0, 0.1) is 5.92 Å². The normalized spacial score (nSPS) is 26.3. The zero-order valence-electron chi connectivity index (χ0n) is 12.4. The summed E-state index contributed by atoms with van der Waals surface area (Å²) >= 11 is 0. The molecule has 1 aliphatic rings. The van der Waals surface area contributed by atoms with Crippen LogP contribution in [-0.4, -0.2) is 25.7 Å². The number of methoxy groups -OCH3 is 1. The molecule has 1 heterocycles. The monoisotopic (exact) mass is 277 g/mol. The van der Waals surface area contributed by atoms with Gasteiger partial charge in [0.25, 0.3) is 0 Å². The van der Waals surface area contributed by atoms with E-state index in [-0.39, 0.29) is 17.9 Å². The molecule has 0 bridgehead atoms. The molecule has 4 nitrogen and oxygen atoms in total. The van der Waals surface area contributed by atoms with Crippen molar-refractivity contribution in [2.24, 2.45) is 11.7 Å². The zero-order chi connectivity index (χ0) is 14.8. The number of carbonyl (C=O) groups excluding carboxylic acids is 1. The smallest absolute Gasteiger partial charge is 0.306 e. The molecule has 0 aromatic heterocycles. The average Bonchev–Trinajstić information content (AvgIpc) is 2.49. The molecule has 110 valence electrons. The Bertz CT molecular complexity index is 488. The van der Waals surface area contributed by atoms with E-state index < -0.39 is 5.41 Å². The Hall–Kier alpha value is -1.55. The lowest BCUT2D eigenvalue weighted by Crippen LogP contribution is -2.54. The van der Waals surface area contributed by atoms with Crippen molar-refractivity contribution < 1.29 is 14.3 Å². The molecule has 2 N–H and O–H groups in total. The number of rotatable bonds is 4. The van der Waals surface area contributed by atoms with Gasteiger partial charge < -0.3 is 15.2 Å². The Morgan fingerprint density at radius 2 is 2.25 bits per heavy atom. The van der Waals surface area contributed by atoms with Gasteiger partial charge in [0.2, 0.25) is 0 Å². The van der Waals surface area contributed by atoms with Gasteiger partial charge in [-0.3, -0.25) is 4.79 Å². The van der Waals surface area contributed by atoms with Crippen LogP contribution in [0.1, 0.15) is 32.3 Å². The fourth-order valence-electron chi connectivity index (χ4n) is 3.25. The second-order valence-electron chi connectivity index (χ2n) is 5.52. The summed E-state index contributed by atoms with van der Waals surface area (Å²) in [5.41, 5.74) is 7.03. The van der Waals surface area contributed by atoms with Gasteiger partial charge in [0, 0.05) is 22.9 Å². The fourth-order valence-corrected chi connectivity index (χ4v) is 3.25. The predicted molar refractivity (Wildman–Crippen MR) is 77.7 cm³/mol. The minimum Gasteiger partial charge on any atom is -0.493 e. The molecule has 0 saturated heterocycles. The van der Waals surface area contributed by atoms with Gasteiger partial charge in [-0.25, -0.2) is 0 Å².